The molecule has 26 heavy (non-hydrogen) atoms. The molecule has 0 aliphatic rings. The fourth-order valence-corrected chi connectivity index (χ4v) is 2.43. The van der Waals surface area contributed by atoms with Gasteiger partial charge in [-0.05, 0) is 42.5 Å². The van der Waals surface area contributed by atoms with Crippen molar-refractivity contribution >= 4 is 17.5 Å². The van der Waals surface area contributed by atoms with Gasteiger partial charge in [0.2, 0.25) is 5.95 Å². The van der Waals surface area contributed by atoms with Crippen LogP contribution in [0, 0.1) is 6.92 Å². The predicted octanol–water partition coefficient (Wildman–Crippen LogP) is 3.59. The second-order valence-corrected chi connectivity index (χ2v) is 7.27. The lowest BCUT2D eigenvalue weighted by Gasteiger charge is -2.19. The average Bonchev–Trinajstić information content (AvgIpc) is 2.57. The van der Waals surface area contributed by atoms with Gasteiger partial charge in [-0.3, -0.25) is 4.79 Å². The Morgan fingerprint density at radius 2 is 1.85 bits per heavy atom. The predicted molar refractivity (Wildman–Crippen MR) is 104 cm³/mol. The van der Waals surface area contributed by atoms with Gasteiger partial charge >= 0.3 is 0 Å². The molecule has 0 saturated carbocycles. The number of methoxy groups -OCH3 is 1. The summed E-state index contributed by atoms with van der Waals surface area (Å²) in [5.74, 6) is 0.202. The molecule has 1 amide bonds. The van der Waals surface area contributed by atoms with E-state index in [1.54, 1.807) is 13.2 Å². The Morgan fingerprint density at radius 1 is 1.15 bits per heavy atom. The van der Waals surface area contributed by atoms with Gasteiger partial charge in [-0.2, -0.15) is 0 Å². The van der Waals surface area contributed by atoms with Gasteiger partial charge in [0.15, 0.2) is 0 Å². The number of hydrogen-bond acceptors (Lipinski definition) is 5. The van der Waals surface area contributed by atoms with Gasteiger partial charge in [0, 0.05) is 31.6 Å². The molecule has 0 unspecified atom stereocenters. The molecule has 0 saturated heterocycles. The lowest BCUT2D eigenvalue weighted by atomic mass is 9.87. The Labute approximate surface area is 155 Å². The van der Waals surface area contributed by atoms with E-state index in [2.05, 4.69) is 53.5 Å². The molecule has 0 aliphatic heterocycles. The van der Waals surface area contributed by atoms with Crippen LogP contribution in [0.15, 0.2) is 30.3 Å². The van der Waals surface area contributed by atoms with Crippen LogP contribution in [0.5, 0.6) is 0 Å². The standard InChI is InChI=1S/C20H28N4O2/c1-14-13-17(18(25)21-11-6-12-26-5)24-19(22-14)23-16-9-7-15(8-10-16)20(2,3)4/h7-10,13H,6,11-12H2,1-5H3,(H,21,25)(H,22,23,24). The van der Waals surface area contributed by atoms with Crippen molar-refractivity contribution < 1.29 is 9.53 Å². The molecule has 2 rings (SSSR count). The number of amides is 1. The second kappa shape index (κ2) is 8.76. The van der Waals surface area contributed by atoms with Crippen LogP contribution < -0.4 is 10.6 Å². The fourth-order valence-electron chi connectivity index (χ4n) is 2.43. The van der Waals surface area contributed by atoms with Gasteiger partial charge in [-0.1, -0.05) is 32.9 Å². The molecule has 0 radical (unpaired) electrons. The number of nitrogens with one attached hydrogen (secondary N) is 2. The Morgan fingerprint density at radius 3 is 2.46 bits per heavy atom. The minimum atomic E-state index is -0.210. The van der Waals surface area contributed by atoms with Crippen molar-refractivity contribution in [2.45, 2.75) is 39.5 Å². The van der Waals surface area contributed by atoms with Gasteiger partial charge in [-0.15, -0.1) is 0 Å². The Kier molecular flexibility index (Phi) is 6.69. The third kappa shape index (κ3) is 5.81. The summed E-state index contributed by atoms with van der Waals surface area (Å²) in [4.78, 5) is 21.0. The fraction of sp³-hybridized carbons (Fsp3) is 0.450. The first kappa shape index (κ1) is 19.8. The van der Waals surface area contributed by atoms with E-state index in [0.29, 0.717) is 24.8 Å². The van der Waals surface area contributed by atoms with Crippen LogP contribution in [0.2, 0.25) is 0 Å². The van der Waals surface area contributed by atoms with Crippen LogP contribution in [0.1, 0.15) is 48.9 Å². The van der Waals surface area contributed by atoms with Crippen molar-refractivity contribution in [3.05, 3.63) is 47.3 Å². The lowest BCUT2D eigenvalue weighted by molar-refractivity contribution is 0.0943. The van der Waals surface area contributed by atoms with E-state index >= 15 is 0 Å². The molecule has 0 atom stereocenters. The molecular weight excluding hydrogens is 328 g/mol. The van der Waals surface area contributed by atoms with Gasteiger partial charge < -0.3 is 15.4 Å². The van der Waals surface area contributed by atoms with E-state index in [0.717, 1.165) is 17.8 Å². The van der Waals surface area contributed by atoms with Crippen LogP contribution in [-0.2, 0) is 10.2 Å². The number of carbonyl (C=O) groups excluding carboxylic acids is 1. The van der Waals surface area contributed by atoms with Gasteiger partial charge in [-0.25, -0.2) is 9.97 Å². The molecule has 0 spiro atoms. The third-order valence-electron chi connectivity index (χ3n) is 3.90. The van der Waals surface area contributed by atoms with E-state index in [1.807, 2.05) is 19.1 Å². The molecule has 1 aromatic heterocycles. The summed E-state index contributed by atoms with van der Waals surface area (Å²) >= 11 is 0. The lowest BCUT2D eigenvalue weighted by Crippen LogP contribution is -2.26. The van der Waals surface area contributed by atoms with Gasteiger partial charge in [0.1, 0.15) is 5.69 Å². The summed E-state index contributed by atoms with van der Waals surface area (Å²) in [7, 11) is 1.64. The average molecular weight is 356 g/mol. The van der Waals surface area contributed by atoms with Crippen LogP contribution in [0.3, 0.4) is 0 Å². The molecular formula is C20H28N4O2. The van der Waals surface area contributed by atoms with E-state index in [4.69, 9.17) is 4.74 Å². The van der Waals surface area contributed by atoms with Crippen molar-refractivity contribution in [1.29, 1.82) is 0 Å². The maximum absolute atomic E-state index is 12.2. The molecule has 2 N–H and O–H groups in total. The summed E-state index contributed by atoms with van der Waals surface area (Å²) < 4.78 is 4.98. The monoisotopic (exact) mass is 356 g/mol. The van der Waals surface area contributed by atoms with Crippen LogP contribution in [-0.4, -0.2) is 36.1 Å². The number of carbonyl (C=O) groups is 1. The van der Waals surface area contributed by atoms with E-state index in [9.17, 15) is 4.79 Å². The third-order valence-corrected chi connectivity index (χ3v) is 3.90. The minimum Gasteiger partial charge on any atom is -0.385 e. The SMILES string of the molecule is COCCCNC(=O)c1cc(C)nc(Nc2ccc(C(C)(C)C)cc2)n1. The molecule has 6 nitrogen and oxygen atoms in total. The summed E-state index contributed by atoms with van der Waals surface area (Å²) in [6.07, 6.45) is 0.761. The zero-order valence-electron chi connectivity index (χ0n) is 16.2. The number of anilines is 2. The highest BCUT2D eigenvalue weighted by molar-refractivity contribution is 5.92. The van der Waals surface area contributed by atoms with E-state index in [-0.39, 0.29) is 11.3 Å². The first-order chi connectivity index (χ1) is 12.3. The molecule has 6 heteroatoms. The van der Waals surface area contributed by atoms with Crippen molar-refractivity contribution in [3.8, 4) is 0 Å². The number of benzene rings is 1. The maximum Gasteiger partial charge on any atom is 0.270 e. The zero-order chi connectivity index (χ0) is 19.2. The highest BCUT2D eigenvalue weighted by Crippen LogP contribution is 2.24. The summed E-state index contributed by atoms with van der Waals surface area (Å²) in [5, 5.41) is 6.01. The van der Waals surface area contributed by atoms with Crippen LogP contribution in [0.25, 0.3) is 0 Å². The Bertz CT molecular complexity index is 736. The highest BCUT2D eigenvalue weighted by Gasteiger charge is 2.14. The molecule has 1 heterocycles. The molecule has 2 aromatic rings. The molecule has 1 aromatic carbocycles. The second-order valence-electron chi connectivity index (χ2n) is 7.27. The van der Waals surface area contributed by atoms with Crippen molar-refractivity contribution in [2.24, 2.45) is 0 Å². The number of rotatable bonds is 7. The first-order valence-electron chi connectivity index (χ1n) is 8.80. The topological polar surface area (TPSA) is 76.1 Å². The number of aromatic nitrogens is 2. The summed E-state index contributed by atoms with van der Waals surface area (Å²) in [5.41, 5.74) is 3.32. The normalized spacial score (nSPS) is 11.3. The number of nitrogens with zero attached hydrogens (tertiary/aromatic N) is 2. The highest BCUT2D eigenvalue weighted by atomic mass is 16.5. The van der Waals surface area contributed by atoms with Crippen molar-refractivity contribution in [2.75, 3.05) is 25.6 Å². The largest absolute Gasteiger partial charge is 0.385 e. The Balaban J connectivity index is 2.08. The maximum atomic E-state index is 12.2. The number of aryl methyl sites for hydroxylation is 1. The van der Waals surface area contributed by atoms with E-state index in [1.165, 1.54) is 5.56 Å². The smallest absolute Gasteiger partial charge is 0.270 e. The summed E-state index contributed by atoms with van der Waals surface area (Å²) in [6, 6.07) is 9.84. The van der Waals surface area contributed by atoms with Crippen molar-refractivity contribution in [1.82, 2.24) is 15.3 Å². The van der Waals surface area contributed by atoms with Crippen LogP contribution in [0.4, 0.5) is 11.6 Å². The minimum absolute atomic E-state index is 0.104. The van der Waals surface area contributed by atoms with Crippen LogP contribution >= 0.6 is 0 Å². The van der Waals surface area contributed by atoms with Crippen molar-refractivity contribution in [3.63, 3.8) is 0 Å². The zero-order valence-corrected chi connectivity index (χ0v) is 16.2. The van der Waals surface area contributed by atoms with Gasteiger partial charge in [0.25, 0.3) is 5.91 Å². The quantitative estimate of drug-likeness (QED) is 0.742. The molecule has 140 valence electrons. The number of ether oxygens (including phenoxy) is 1. The Hall–Kier alpha value is -2.47. The summed E-state index contributed by atoms with van der Waals surface area (Å²) in [6.45, 7) is 9.54. The van der Waals surface area contributed by atoms with Gasteiger partial charge in [0.05, 0.1) is 0 Å². The molecule has 0 fully saturated rings. The number of hydrogen-bond donors (Lipinski definition) is 2. The molecule has 0 bridgehead atoms. The first-order valence-corrected chi connectivity index (χ1v) is 8.80. The van der Waals surface area contributed by atoms with E-state index < -0.39 is 0 Å². The molecule has 0 aliphatic carbocycles.